The summed E-state index contributed by atoms with van der Waals surface area (Å²) in [6, 6.07) is 15.0. The van der Waals surface area contributed by atoms with Gasteiger partial charge >= 0.3 is 0 Å². The van der Waals surface area contributed by atoms with Gasteiger partial charge in [0.1, 0.15) is 0 Å². The average Bonchev–Trinajstić information content (AvgIpc) is 3.32. The number of likely N-dealkylation sites (tertiary alicyclic amines) is 1. The van der Waals surface area contributed by atoms with E-state index in [1.807, 2.05) is 42.5 Å². The van der Waals surface area contributed by atoms with Gasteiger partial charge in [-0.2, -0.15) is 0 Å². The predicted octanol–water partition coefficient (Wildman–Crippen LogP) is 2.41. The van der Waals surface area contributed by atoms with E-state index in [4.69, 9.17) is 14.7 Å². The molecular formula is C27H35N3O7. The maximum Gasteiger partial charge on any atom is 0.243 e. The average molecular weight is 514 g/mol. The quantitative estimate of drug-likeness (QED) is 0.241. The van der Waals surface area contributed by atoms with E-state index in [9.17, 15) is 19.8 Å². The normalized spacial score (nSPS) is 24.1. The lowest BCUT2D eigenvalue weighted by Crippen LogP contribution is -2.38. The Morgan fingerprint density at radius 1 is 1.03 bits per heavy atom. The number of β-amino-alcohol motifs (C(OH)–C–C–N with tert-alkyl or cyclic N) is 1. The van der Waals surface area contributed by atoms with Crippen LogP contribution >= 0.6 is 0 Å². The van der Waals surface area contributed by atoms with E-state index in [0.717, 1.165) is 29.7 Å². The highest BCUT2D eigenvalue weighted by atomic mass is 16.7. The molecule has 37 heavy (non-hydrogen) atoms. The zero-order valence-corrected chi connectivity index (χ0v) is 20.7. The number of aliphatic hydroxyl groups excluding tert-OH is 2. The van der Waals surface area contributed by atoms with E-state index in [-0.39, 0.29) is 43.7 Å². The first kappa shape index (κ1) is 27.2. The van der Waals surface area contributed by atoms with Gasteiger partial charge in [0.05, 0.1) is 24.9 Å². The van der Waals surface area contributed by atoms with Crippen molar-refractivity contribution in [2.75, 3.05) is 25.0 Å². The number of carbonyl (C=O) groups is 2. The van der Waals surface area contributed by atoms with Crippen molar-refractivity contribution < 1.29 is 34.5 Å². The summed E-state index contributed by atoms with van der Waals surface area (Å²) in [4.78, 5) is 25.7. The number of nitrogens with one attached hydrogen (secondary N) is 2. The minimum atomic E-state index is -0.654. The van der Waals surface area contributed by atoms with Crippen molar-refractivity contribution in [3.63, 3.8) is 0 Å². The molecule has 2 fully saturated rings. The molecule has 2 aliphatic rings. The van der Waals surface area contributed by atoms with Crippen molar-refractivity contribution >= 4 is 17.5 Å². The molecule has 4 unspecified atom stereocenters. The summed E-state index contributed by atoms with van der Waals surface area (Å²) in [5.41, 5.74) is 4.74. The van der Waals surface area contributed by atoms with E-state index in [1.165, 1.54) is 0 Å². The second-order valence-corrected chi connectivity index (χ2v) is 9.61. The number of hydrogen-bond acceptors (Lipinski definition) is 8. The summed E-state index contributed by atoms with van der Waals surface area (Å²) in [7, 11) is 0. The molecule has 0 bridgehead atoms. The van der Waals surface area contributed by atoms with Gasteiger partial charge in [0.2, 0.25) is 11.8 Å². The molecule has 2 aromatic rings. The highest BCUT2D eigenvalue weighted by Crippen LogP contribution is 2.39. The molecule has 0 spiro atoms. The zero-order chi connectivity index (χ0) is 26.2. The fourth-order valence-corrected chi connectivity index (χ4v) is 4.75. The summed E-state index contributed by atoms with van der Waals surface area (Å²) >= 11 is 0. The molecule has 4 rings (SSSR count). The van der Waals surface area contributed by atoms with E-state index in [0.29, 0.717) is 31.6 Å². The molecule has 4 atom stereocenters. The second-order valence-electron chi connectivity index (χ2n) is 9.61. The first-order valence-electron chi connectivity index (χ1n) is 12.7. The van der Waals surface area contributed by atoms with E-state index in [1.54, 1.807) is 11.5 Å². The number of hydroxylamine groups is 1. The SMILES string of the molecule is O=C(CCCC(=O)Nc1cccc(C2OC(CN3CCC(O)C3)CC(c3ccc(CO)cc3)O2)c1)NO. The molecule has 0 saturated carbocycles. The lowest BCUT2D eigenvalue weighted by Gasteiger charge is -2.38. The van der Waals surface area contributed by atoms with Crippen molar-refractivity contribution in [3.8, 4) is 0 Å². The number of nitrogens with zero attached hydrogens (tertiary/aromatic N) is 1. The summed E-state index contributed by atoms with van der Waals surface area (Å²) < 4.78 is 12.7. The minimum Gasteiger partial charge on any atom is -0.392 e. The lowest BCUT2D eigenvalue weighted by atomic mass is 9.99. The van der Waals surface area contributed by atoms with E-state index in [2.05, 4.69) is 10.2 Å². The van der Waals surface area contributed by atoms with E-state index < -0.39 is 12.2 Å². The first-order chi connectivity index (χ1) is 17.9. The summed E-state index contributed by atoms with van der Waals surface area (Å²) in [6.07, 6.45) is 0.617. The molecule has 0 radical (unpaired) electrons. The van der Waals surface area contributed by atoms with Crippen LogP contribution in [0.3, 0.4) is 0 Å². The monoisotopic (exact) mass is 513 g/mol. The van der Waals surface area contributed by atoms with Gasteiger partial charge in [-0.1, -0.05) is 36.4 Å². The molecule has 2 aromatic carbocycles. The van der Waals surface area contributed by atoms with Crippen LogP contribution in [0.1, 0.15) is 61.2 Å². The van der Waals surface area contributed by atoms with Gasteiger partial charge in [-0.3, -0.25) is 19.7 Å². The number of aliphatic hydroxyl groups is 2. The summed E-state index contributed by atoms with van der Waals surface area (Å²) in [5, 5.41) is 30.7. The Bertz CT molecular complexity index is 1050. The van der Waals surface area contributed by atoms with Gasteiger partial charge in [0, 0.05) is 50.1 Å². The molecular weight excluding hydrogens is 478 g/mol. The van der Waals surface area contributed by atoms with Crippen LogP contribution in [0.5, 0.6) is 0 Å². The molecule has 2 saturated heterocycles. The highest BCUT2D eigenvalue weighted by molar-refractivity contribution is 5.91. The van der Waals surface area contributed by atoms with Crippen molar-refractivity contribution in [1.82, 2.24) is 10.4 Å². The summed E-state index contributed by atoms with van der Waals surface area (Å²) in [6.45, 7) is 2.11. The first-order valence-corrected chi connectivity index (χ1v) is 12.7. The Hall–Kier alpha value is -2.86. The van der Waals surface area contributed by atoms with Gasteiger partial charge in [-0.25, -0.2) is 5.48 Å². The van der Waals surface area contributed by atoms with Crippen LogP contribution < -0.4 is 10.8 Å². The maximum atomic E-state index is 12.3. The Labute approximate surface area is 216 Å². The number of carbonyl (C=O) groups excluding carboxylic acids is 2. The largest absolute Gasteiger partial charge is 0.392 e. The van der Waals surface area contributed by atoms with E-state index >= 15 is 0 Å². The third-order valence-electron chi connectivity index (χ3n) is 6.70. The van der Waals surface area contributed by atoms with Crippen molar-refractivity contribution in [2.24, 2.45) is 0 Å². The van der Waals surface area contributed by atoms with Crippen molar-refractivity contribution in [1.29, 1.82) is 0 Å². The van der Waals surface area contributed by atoms with Crippen LogP contribution in [0.15, 0.2) is 48.5 Å². The number of rotatable bonds is 10. The third kappa shape index (κ3) is 7.81. The standard InChI is InChI=1S/C27H35N3O7/c31-17-18-7-9-19(10-8-18)24-14-23(16-30-12-11-22(32)15-30)36-27(37-24)20-3-1-4-21(13-20)28-25(33)5-2-6-26(34)29-35/h1,3-4,7-10,13,22-24,27,31-32,35H,2,5-6,11-12,14-17H2,(H,28,33)(H,29,34). The molecule has 2 heterocycles. The summed E-state index contributed by atoms with van der Waals surface area (Å²) in [5.74, 6) is -0.763. The smallest absolute Gasteiger partial charge is 0.243 e. The Balaban J connectivity index is 1.45. The van der Waals surface area contributed by atoms with Gasteiger partial charge in [-0.15, -0.1) is 0 Å². The Kier molecular flexibility index (Phi) is 9.62. The second kappa shape index (κ2) is 13.1. The fraction of sp³-hybridized carbons (Fsp3) is 0.481. The number of amides is 2. The predicted molar refractivity (Wildman–Crippen MR) is 134 cm³/mol. The molecule has 2 aliphatic heterocycles. The topological polar surface area (TPSA) is 141 Å². The van der Waals surface area contributed by atoms with Crippen LogP contribution in [-0.2, 0) is 25.7 Å². The van der Waals surface area contributed by atoms with Crippen LogP contribution in [0.25, 0.3) is 0 Å². The number of anilines is 1. The molecule has 200 valence electrons. The van der Waals surface area contributed by atoms with Gasteiger partial charge in [0.25, 0.3) is 0 Å². The maximum absolute atomic E-state index is 12.3. The van der Waals surface area contributed by atoms with Gasteiger partial charge in [-0.05, 0) is 36.1 Å². The van der Waals surface area contributed by atoms with Crippen molar-refractivity contribution in [2.45, 2.75) is 63.3 Å². The lowest BCUT2D eigenvalue weighted by molar-refractivity contribution is -0.252. The van der Waals surface area contributed by atoms with Gasteiger partial charge in [0.15, 0.2) is 6.29 Å². The van der Waals surface area contributed by atoms with Crippen LogP contribution in [0.2, 0.25) is 0 Å². The number of hydrogen-bond donors (Lipinski definition) is 5. The molecule has 10 nitrogen and oxygen atoms in total. The molecule has 10 heteroatoms. The number of ether oxygens (including phenoxy) is 2. The molecule has 5 N–H and O–H groups in total. The van der Waals surface area contributed by atoms with Crippen molar-refractivity contribution in [3.05, 3.63) is 65.2 Å². The van der Waals surface area contributed by atoms with Crippen LogP contribution in [0, 0.1) is 0 Å². The number of benzene rings is 2. The molecule has 2 amide bonds. The Morgan fingerprint density at radius 2 is 1.81 bits per heavy atom. The molecule has 0 aliphatic carbocycles. The highest BCUT2D eigenvalue weighted by Gasteiger charge is 2.34. The zero-order valence-electron chi connectivity index (χ0n) is 20.7. The fourth-order valence-electron chi connectivity index (χ4n) is 4.75. The molecule has 0 aromatic heterocycles. The Morgan fingerprint density at radius 3 is 2.51 bits per heavy atom. The van der Waals surface area contributed by atoms with Gasteiger partial charge < -0.3 is 25.0 Å². The van der Waals surface area contributed by atoms with Crippen LogP contribution in [0.4, 0.5) is 5.69 Å². The minimum absolute atomic E-state index is 0.0232. The van der Waals surface area contributed by atoms with Crippen LogP contribution in [-0.4, -0.2) is 64.0 Å². The third-order valence-corrected chi connectivity index (χ3v) is 6.70.